The van der Waals surface area contributed by atoms with Crippen molar-refractivity contribution in [2.45, 2.75) is 45.1 Å². The topological polar surface area (TPSA) is 62.3 Å². The molecule has 0 bridgehead atoms. The predicted molar refractivity (Wildman–Crippen MR) is 102 cm³/mol. The molecular weight excluding hydrogens is 334 g/mol. The van der Waals surface area contributed by atoms with Gasteiger partial charge in [-0.1, -0.05) is 20.8 Å². The van der Waals surface area contributed by atoms with Gasteiger partial charge in [-0.25, -0.2) is 4.98 Å². The standard InChI is InChI=1S/C19H29N3O2S/c1-19(2,3)12-16(23)21-13-14-7-10-22(11-8-14)18(24)15-6-5-9-20-17(15)25-4/h5-6,9,14H,7-8,10-13H2,1-4H3,(H,21,23). The summed E-state index contributed by atoms with van der Waals surface area (Å²) in [5, 5.41) is 3.83. The Morgan fingerprint density at radius 3 is 2.60 bits per heavy atom. The van der Waals surface area contributed by atoms with Crippen LogP contribution < -0.4 is 5.32 Å². The number of carbonyl (C=O) groups is 2. The number of piperidine rings is 1. The van der Waals surface area contributed by atoms with Crippen LogP contribution >= 0.6 is 11.8 Å². The maximum absolute atomic E-state index is 12.7. The molecule has 5 nitrogen and oxygen atoms in total. The van der Waals surface area contributed by atoms with E-state index in [1.807, 2.05) is 23.3 Å². The average molecular weight is 364 g/mol. The maximum atomic E-state index is 12.7. The first-order chi connectivity index (χ1) is 11.8. The number of hydrogen-bond acceptors (Lipinski definition) is 4. The molecule has 0 aliphatic carbocycles. The van der Waals surface area contributed by atoms with E-state index in [0.717, 1.165) is 31.0 Å². The van der Waals surface area contributed by atoms with Gasteiger partial charge in [0.05, 0.1) is 5.56 Å². The van der Waals surface area contributed by atoms with Crippen molar-refractivity contribution in [2.24, 2.45) is 11.3 Å². The quantitative estimate of drug-likeness (QED) is 0.816. The SMILES string of the molecule is CSc1ncccc1C(=O)N1CCC(CNC(=O)CC(C)(C)C)CC1. The minimum atomic E-state index is 0.0125. The van der Waals surface area contributed by atoms with E-state index >= 15 is 0 Å². The number of likely N-dealkylation sites (tertiary alicyclic amines) is 1. The van der Waals surface area contributed by atoms with Crippen molar-refractivity contribution in [3.8, 4) is 0 Å². The monoisotopic (exact) mass is 363 g/mol. The van der Waals surface area contributed by atoms with Crippen LogP contribution in [0.25, 0.3) is 0 Å². The Bertz CT molecular complexity index is 605. The number of amides is 2. The van der Waals surface area contributed by atoms with Gasteiger partial charge in [0.1, 0.15) is 5.03 Å². The number of carbonyl (C=O) groups excluding carboxylic acids is 2. The zero-order chi connectivity index (χ0) is 18.4. The van der Waals surface area contributed by atoms with Crippen molar-refractivity contribution in [1.82, 2.24) is 15.2 Å². The minimum Gasteiger partial charge on any atom is -0.356 e. The summed E-state index contributed by atoms with van der Waals surface area (Å²) in [6, 6.07) is 3.66. The number of rotatable bonds is 5. The molecule has 6 heteroatoms. The molecule has 1 N–H and O–H groups in total. The Hall–Kier alpha value is -1.56. The highest BCUT2D eigenvalue weighted by molar-refractivity contribution is 7.98. The van der Waals surface area contributed by atoms with Crippen molar-refractivity contribution >= 4 is 23.6 Å². The Kier molecular flexibility index (Phi) is 6.87. The number of aromatic nitrogens is 1. The van der Waals surface area contributed by atoms with Crippen LogP contribution in [-0.2, 0) is 4.79 Å². The second kappa shape index (κ2) is 8.70. The molecule has 2 heterocycles. The molecule has 1 fully saturated rings. The highest BCUT2D eigenvalue weighted by Gasteiger charge is 2.26. The van der Waals surface area contributed by atoms with Gasteiger partial charge in [-0.15, -0.1) is 11.8 Å². The molecule has 1 aliphatic rings. The fraction of sp³-hybridized carbons (Fsp3) is 0.632. The van der Waals surface area contributed by atoms with E-state index in [1.165, 1.54) is 11.8 Å². The second-order valence-electron chi connectivity index (χ2n) is 7.84. The van der Waals surface area contributed by atoms with Gasteiger partial charge in [-0.3, -0.25) is 9.59 Å². The van der Waals surface area contributed by atoms with E-state index in [2.05, 4.69) is 31.1 Å². The van der Waals surface area contributed by atoms with Crippen molar-refractivity contribution in [3.63, 3.8) is 0 Å². The van der Waals surface area contributed by atoms with Crippen molar-refractivity contribution < 1.29 is 9.59 Å². The first-order valence-corrected chi connectivity index (χ1v) is 10.1. The second-order valence-corrected chi connectivity index (χ2v) is 8.63. The summed E-state index contributed by atoms with van der Waals surface area (Å²) >= 11 is 1.50. The first kappa shape index (κ1) is 19.8. The fourth-order valence-corrected chi connectivity index (χ4v) is 3.57. The van der Waals surface area contributed by atoms with Gasteiger partial charge in [0.2, 0.25) is 5.91 Å². The molecule has 0 atom stereocenters. The van der Waals surface area contributed by atoms with Crippen molar-refractivity contribution in [1.29, 1.82) is 0 Å². The number of thioether (sulfide) groups is 1. The third kappa shape index (κ3) is 6.03. The first-order valence-electron chi connectivity index (χ1n) is 8.85. The highest BCUT2D eigenvalue weighted by Crippen LogP contribution is 2.23. The van der Waals surface area contributed by atoms with Crippen LogP contribution in [0.15, 0.2) is 23.4 Å². The normalized spacial score (nSPS) is 15.9. The Balaban J connectivity index is 1.81. The van der Waals surface area contributed by atoms with Gasteiger partial charge in [-0.05, 0) is 42.6 Å². The van der Waals surface area contributed by atoms with Crippen LogP contribution in [-0.4, -0.2) is 47.6 Å². The number of hydrogen-bond donors (Lipinski definition) is 1. The summed E-state index contributed by atoms with van der Waals surface area (Å²) in [6.07, 6.45) is 6.05. The van der Waals surface area contributed by atoms with Crippen LogP contribution in [0.1, 0.15) is 50.4 Å². The maximum Gasteiger partial charge on any atom is 0.256 e. The van der Waals surface area contributed by atoms with Crippen LogP contribution in [0.2, 0.25) is 0 Å². The van der Waals surface area contributed by atoms with E-state index in [4.69, 9.17) is 0 Å². The van der Waals surface area contributed by atoms with E-state index in [9.17, 15) is 9.59 Å². The third-order valence-corrected chi connectivity index (χ3v) is 5.09. The summed E-state index contributed by atoms with van der Waals surface area (Å²) in [6.45, 7) is 8.39. The van der Waals surface area contributed by atoms with Gasteiger partial charge < -0.3 is 10.2 Å². The van der Waals surface area contributed by atoms with Gasteiger partial charge in [-0.2, -0.15) is 0 Å². The van der Waals surface area contributed by atoms with E-state index in [1.54, 1.807) is 6.20 Å². The molecule has 25 heavy (non-hydrogen) atoms. The van der Waals surface area contributed by atoms with Gasteiger partial charge in [0.15, 0.2) is 0 Å². The van der Waals surface area contributed by atoms with E-state index in [0.29, 0.717) is 24.4 Å². The molecule has 0 unspecified atom stereocenters. The van der Waals surface area contributed by atoms with E-state index in [-0.39, 0.29) is 17.2 Å². The molecule has 0 aromatic carbocycles. The van der Waals surface area contributed by atoms with Crippen LogP contribution in [0.4, 0.5) is 0 Å². The summed E-state index contributed by atoms with van der Waals surface area (Å²) in [4.78, 5) is 30.8. The lowest BCUT2D eigenvalue weighted by Crippen LogP contribution is -2.42. The summed E-state index contributed by atoms with van der Waals surface area (Å²) in [5.74, 6) is 0.625. The average Bonchev–Trinajstić information content (AvgIpc) is 2.58. The highest BCUT2D eigenvalue weighted by atomic mass is 32.2. The largest absolute Gasteiger partial charge is 0.356 e. The number of pyridine rings is 1. The number of nitrogens with zero attached hydrogens (tertiary/aromatic N) is 2. The molecule has 138 valence electrons. The third-order valence-electron chi connectivity index (χ3n) is 4.38. The zero-order valence-corrected chi connectivity index (χ0v) is 16.5. The molecule has 1 aromatic rings. The predicted octanol–water partition coefficient (Wildman–Crippen LogP) is 3.21. The fourth-order valence-electron chi connectivity index (χ4n) is 3.03. The van der Waals surface area contributed by atoms with Gasteiger partial charge >= 0.3 is 0 Å². The van der Waals surface area contributed by atoms with Crippen LogP contribution in [0.3, 0.4) is 0 Å². The lowest BCUT2D eigenvalue weighted by atomic mass is 9.91. The molecular formula is C19H29N3O2S. The smallest absolute Gasteiger partial charge is 0.256 e. The zero-order valence-electron chi connectivity index (χ0n) is 15.7. The Morgan fingerprint density at radius 2 is 2.00 bits per heavy atom. The summed E-state index contributed by atoms with van der Waals surface area (Å²) in [5.41, 5.74) is 0.699. The molecule has 1 aliphatic heterocycles. The molecule has 0 spiro atoms. The molecule has 0 radical (unpaired) electrons. The number of nitrogens with one attached hydrogen (secondary N) is 1. The summed E-state index contributed by atoms with van der Waals surface area (Å²) in [7, 11) is 0. The molecule has 2 rings (SSSR count). The van der Waals surface area contributed by atoms with Gasteiger partial charge in [0.25, 0.3) is 5.91 Å². The molecule has 0 saturated carbocycles. The van der Waals surface area contributed by atoms with E-state index < -0.39 is 0 Å². The lowest BCUT2D eigenvalue weighted by Gasteiger charge is -2.32. The molecule has 1 aromatic heterocycles. The van der Waals surface area contributed by atoms with Crippen LogP contribution in [0, 0.1) is 11.3 Å². The summed E-state index contributed by atoms with van der Waals surface area (Å²) < 4.78 is 0. The molecule has 2 amide bonds. The molecule has 1 saturated heterocycles. The Labute approximate surface area is 155 Å². The van der Waals surface area contributed by atoms with Crippen molar-refractivity contribution in [3.05, 3.63) is 23.9 Å². The minimum absolute atomic E-state index is 0.0125. The van der Waals surface area contributed by atoms with Crippen LogP contribution in [0.5, 0.6) is 0 Å². The lowest BCUT2D eigenvalue weighted by molar-refractivity contribution is -0.123. The van der Waals surface area contributed by atoms with Crippen molar-refractivity contribution in [2.75, 3.05) is 25.9 Å². The Morgan fingerprint density at radius 1 is 1.32 bits per heavy atom. The van der Waals surface area contributed by atoms with Gasteiger partial charge in [0, 0.05) is 32.3 Å².